The zero-order valence-electron chi connectivity index (χ0n) is 12.8. The lowest BCUT2D eigenvalue weighted by molar-refractivity contribution is -0.128. The number of hydrogen-bond donors (Lipinski definition) is 3. The second kappa shape index (κ2) is 7.21. The average Bonchev–Trinajstić information content (AvgIpc) is 3.01. The molecule has 1 aromatic heterocycles. The van der Waals surface area contributed by atoms with Crippen LogP contribution < -0.4 is 16.6 Å². The van der Waals surface area contributed by atoms with Crippen molar-refractivity contribution >= 4 is 17.5 Å². The monoisotopic (exact) mass is 292 g/mol. The Kier molecular flexibility index (Phi) is 5.32. The SMILES string of the molecule is CCCc1nc(NN)c(C)c(NCC(=O)N2CCCC2)n1. The van der Waals surface area contributed by atoms with Gasteiger partial charge in [0.2, 0.25) is 5.91 Å². The van der Waals surface area contributed by atoms with Crippen molar-refractivity contribution in [1.82, 2.24) is 14.9 Å². The summed E-state index contributed by atoms with van der Waals surface area (Å²) >= 11 is 0. The van der Waals surface area contributed by atoms with E-state index in [-0.39, 0.29) is 12.5 Å². The van der Waals surface area contributed by atoms with Crippen molar-refractivity contribution < 1.29 is 4.79 Å². The van der Waals surface area contributed by atoms with Gasteiger partial charge in [-0.05, 0) is 26.2 Å². The Hall–Kier alpha value is -1.89. The molecule has 4 N–H and O–H groups in total. The van der Waals surface area contributed by atoms with Crippen molar-refractivity contribution in [2.75, 3.05) is 30.4 Å². The van der Waals surface area contributed by atoms with E-state index in [4.69, 9.17) is 5.84 Å². The lowest BCUT2D eigenvalue weighted by Crippen LogP contribution is -2.33. The predicted molar refractivity (Wildman–Crippen MR) is 82.9 cm³/mol. The van der Waals surface area contributed by atoms with Crippen molar-refractivity contribution in [1.29, 1.82) is 0 Å². The lowest BCUT2D eigenvalue weighted by Gasteiger charge is -2.17. The molecule has 0 saturated carbocycles. The molecule has 1 amide bonds. The molecule has 2 heterocycles. The van der Waals surface area contributed by atoms with Crippen LogP contribution in [0, 0.1) is 6.92 Å². The van der Waals surface area contributed by atoms with E-state index in [2.05, 4.69) is 27.6 Å². The highest BCUT2D eigenvalue weighted by atomic mass is 16.2. The number of carbonyl (C=O) groups is 1. The highest BCUT2D eigenvalue weighted by Crippen LogP contribution is 2.19. The first-order valence-corrected chi connectivity index (χ1v) is 7.51. The lowest BCUT2D eigenvalue weighted by atomic mass is 10.2. The van der Waals surface area contributed by atoms with Crippen LogP contribution in [0.5, 0.6) is 0 Å². The molecule has 1 aliphatic rings. The first-order chi connectivity index (χ1) is 10.2. The number of nitrogens with zero attached hydrogens (tertiary/aromatic N) is 3. The quantitative estimate of drug-likeness (QED) is 0.536. The van der Waals surface area contributed by atoms with Crippen LogP contribution in [0.2, 0.25) is 0 Å². The zero-order chi connectivity index (χ0) is 15.2. The summed E-state index contributed by atoms with van der Waals surface area (Å²) in [5.41, 5.74) is 3.42. The van der Waals surface area contributed by atoms with Crippen molar-refractivity contribution in [2.24, 2.45) is 5.84 Å². The zero-order valence-corrected chi connectivity index (χ0v) is 12.8. The van der Waals surface area contributed by atoms with Gasteiger partial charge >= 0.3 is 0 Å². The van der Waals surface area contributed by atoms with Gasteiger partial charge in [0.05, 0.1) is 6.54 Å². The Morgan fingerprint density at radius 1 is 1.29 bits per heavy atom. The number of hydrazine groups is 1. The molecule has 0 atom stereocenters. The van der Waals surface area contributed by atoms with Gasteiger partial charge in [0.1, 0.15) is 17.5 Å². The van der Waals surface area contributed by atoms with Crippen LogP contribution in [0.3, 0.4) is 0 Å². The molecule has 1 aromatic rings. The van der Waals surface area contributed by atoms with Crippen LogP contribution in [-0.2, 0) is 11.2 Å². The van der Waals surface area contributed by atoms with Gasteiger partial charge in [0, 0.05) is 25.1 Å². The molecule has 21 heavy (non-hydrogen) atoms. The summed E-state index contributed by atoms with van der Waals surface area (Å²) in [6.45, 7) is 5.93. The van der Waals surface area contributed by atoms with Gasteiger partial charge in [-0.25, -0.2) is 15.8 Å². The summed E-state index contributed by atoms with van der Waals surface area (Å²) in [7, 11) is 0. The third-order valence-corrected chi connectivity index (χ3v) is 3.67. The van der Waals surface area contributed by atoms with Crippen LogP contribution >= 0.6 is 0 Å². The maximum Gasteiger partial charge on any atom is 0.241 e. The molecule has 1 aliphatic heterocycles. The molecule has 0 aliphatic carbocycles. The van der Waals surface area contributed by atoms with Crippen molar-refractivity contribution in [2.45, 2.75) is 39.5 Å². The molecule has 0 aromatic carbocycles. The third-order valence-electron chi connectivity index (χ3n) is 3.67. The van der Waals surface area contributed by atoms with Crippen molar-refractivity contribution in [3.8, 4) is 0 Å². The number of amides is 1. The molecule has 0 unspecified atom stereocenters. The molecule has 0 spiro atoms. The Morgan fingerprint density at radius 3 is 2.57 bits per heavy atom. The van der Waals surface area contributed by atoms with E-state index >= 15 is 0 Å². The van der Waals surface area contributed by atoms with E-state index in [0.717, 1.165) is 50.2 Å². The number of nitrogens with two attached hydrogens (primary N) is 1. The summed E-state index contributed by atoms with van der Waals surface area (Å²) in [5, 5.41) is 3.13. The van der Waals surface area contributed by atoms with E-state index in [9.17, 15) is 4.79 Å². The fraction of sp³-hybridized carbons (Fsp3) is 0.643. The molecule has 0 radical (unpaired) electrons. The van der Waals surface area contributed by atoms with Crippen LogP contribution in [0.4, 0.5) is 11.6 Å². The normalized spacial score (nSPS) is 14.3. The minimum atomic E-state index is 0.116. The molecule has 2 rings (SSSR count). The van der Waals surface area contributed by atoms with E-state index < -0.39 is 0 Å². The molecule has 1 fully saturated rings. The van der Waals surface area contributed by atoms with Gasteiger partial charge < -0.3 is 15.6 Å². The van der Waals surface area contributed by atoms with E-state index in [1.807, 2.05) is 11.8 Å². The molecule has 0 bridgehead atoms. The first kappa shape index (κ1) is 15.5. The summed E-state index contributed by atoms with van der Waals surface area (Å²) in [6.07, 6.45) is 3.93. The Morgan fingerprint density at radius 2 is 1.95 bits per heavy atom. The summed E-state index contributed by atoms with van der Waals surface area (Å²) in [6, 6.07) is 0. The maximum atomic E-state index is 12.1. The van der Waals surface area contributed by atoms with Crippen LogP contribution in [0.25, 0.3) is 0 Å². The Balaban J connectivity index is 2.07. The largest absolute Gasteiger partial charge is 0.361 e. The van der Waals surface area contributed by atoms with E-state index in [0.29, 0.717) is 11.6 Å². The standard InChI is InChI=1S/C14H24N6O/c1-3-6-11-17-13(10(2)14(18-11)19-15)16-9-12(21)20-7-4-5-8-20/h3-9,15H2,1-2H3,(H2,16,17,18,19). The third kappa shape index (κ3) is 3.81. The first-order valence-electron chi connectivity index (χ1n) is 7.51. The van der Waals surface area contributed by atoms with Gasteiger partial charge in [0.15, 0.2) is 0 Å². The topological polar surface area (TPSA) is 96.2 Å². The summed E-state index contributed by atoms with van der Waals surface area (Å²) < 4.78 is 0. The van der Waals surface area contributed by atoms with Crippen molar-refractivity contribution in [3.05, 3.63) is 11.4 Å². The maximum absolute atomic E-state index is 12.1. The number of carbonyl (C=O) groups excluding carboxylic acids is 1. The highest BCUT2D eigenvalue weighted by Gasteiger charge is 2.18. The molecule has 116 valence electrons. The smallest absolute Gasteiger partial charge is 0.241 e. The number of hydrogen-bond acceptors (Lipinski definition) is 6. The van der Waals surface area contributed by atoms with Crippen LogP contribution in [0.15, 0.2) is 0 Å². The number of likely N-dealkylation sites (tertiary alicyclic amines) is 1. The molecule has 1 saturated heterocycles. The van der Waals surface area contributed by atoms with Gasteiger partial charge in [0.25, 0.3) is 0 Å². The summed E-state index contributed by atoms with van der Waals surface area (Å²) in [4.78, 5) is 22.8. The molecule has 7 heteroatoms. The number of aromatic nitrogens is 2. The van der Waals surface area contributed by atoms with E-state index in [1.54, 1.807) is 0 Å². The van der Waals surface area contributed by atoms with Gasteiger partial charge in [-0.3, -0.25) is 4.79 Å². The van der Waals surface area contributed by atoms with Gasteiger partial charge in [-0.1, -0.05) is 6.92 Å². The number of nitrogens with one attached hydrogen (secondary N) is 2. The van der Waals surface area contributed by atoms with Crippen molar-refractivity contribution in [3.63, 3.8) is 0 Å². The summed E-state index contributed by atoms with van der Waals surface area (Å²) in [5.74, 6) is 7.62. The minimum absolute atomic E-state index is 0.116. The van der Waals surface area contributed by atoms with Gasteiger partial charge in [-0.2, -0.15) is 0 Å². The second-order valence-electron chi connectivity index (χ2n) is 5.30. The van der Waals surface area contributed by atoms with E-state index in [1.165, 1.54) is 0 Å². The number of rotatable bonds is 6. The number of nitrogen functional groups attached to an aromatic ring is 1. The highest BCUT2D eigenvalue weighted by molar-refractivity contribution is 5.81. The Bertz CT molecular complexity index is 498. The number of anilines is 2. The minimum Gasteiger partial charge on any atom is -0.361 e. The Labute approximate surface area is 125 Å². The number of aryl methyl sites for hydroxylation is 1. The second-order valence-corrected chi connectivity index (χ2v) is 5.30. The average molecular weight is 292 g/mol. The predicted octanol–water partition coefficient (Wildman–Crippen LogP) is 1.06. The van der Waals surface area contributed by atoms with Crippen LogP contribution in [-0.4, -0.2) is 40.4 Å². The van der Waals surface area contributed by atoms with Crippen LogP contribution in [0.1, 0.15) is 37.6 Å². The molecular weight excluding hydrogens is 268 g/mol. The fourth-order valence-corrected chi connectivity index (χ4v) is 2.45. The molecular formula is C14H24N6O. The molecule has 7 nitrogen and oxygen atoms in total. The fourth-order valence-electron chi connectivity index (χ4n) is 2.45. The van der Waals surface area contributed by atoms with Gasteiger partial charge in [-0.15, -0.1) is 0 Å².